The number of aliphatic hydroxyl groups excluding tert-OH is 1. The van der Waals surface area contributed by atoms with Gasteiger partial charge >= 0.3 is 0 Å². The molecule has 0 saturated carbocycles. The summed E-state index contributed by atoms with van der Waals surface area (Å²) < 4.78 is 0. The topological polar surface area (TPSA) is 78.0 Å². The number of nitrogens with one attached hydrogen (secondary N) is 2. The molecule has 0 aromatic carbocycles. The Morgan fingerprint density at radius 3 is 2.71 bits per heavy atom. The van der Waals surface area contributed by atoms with Crippen LogP contribution in [-0.2, 0) is 0 Å². The molecular weight excluding hydrogens is 182 g/mol. The monoisotopic (exact) mass is 197 g/mol. The Balaban J connectivity index is 2.79. The fourth-order valence-corrected chi connectivity index (χ4v) is 1.23. The van der Waals surface area contributed by atoms with Crippen molar-refractivity contribution < 1.29 is 9.90 Å². The number of carbonyl (C=O) groups is 1. The average Bonchev–Trinajstić information content (AvgIpc) is 2.46. The normalized spacial score (nSPS) is 12.6. The number of aryl methyl sites for hydroxylation is 2. The fourth-order valence-electron chi connectivity index (χ4n) is 1.23. The SMILES string of the molecule is Cc1n[nH]c(C)c1C(=O)N[C@@H](C)CO. The van der Waals surface area contributed by atoms with Crippen LogP contribution in [0.1, 0.15) is 28.7 Å². The van der Waals surface area contributed by atoms with Crippen molar-refractivity contribution in [2.75, 3.05) is 6.61 Å². The number of H-pyrrole nitrogens is 1. The number of aliphatic hydroxyl groups is 1. The van der Waals surface area contributed by atoms with Crippen molar-refractivity contribution in [3.63, 3.8) is 0 Å². The van der Waals surface area contributed by atoms with Crippen molar-refractivity contribution in [3.8, 4) is 0 Å². The Bertz CT molecular complexity index is 313. The first-order valence-electron chi connectivity index (χ1n) is 4.49. The lowest BCUT2D eigenvalue weighted by atomic mass is 10.2. The number of aromatic nitrogens is 2. The van der Waals surface area contributed by atoms with E-state index in [9.17, 15) is 4.79 Å². The van der Waals surface area contributed by atoms with Crippen molar-refractivity contribution >= 4 is 5.91 Å². The molecule has 0 aliphatic heterocycles. The summed E-state index contributed by atoms with van der Waals surface area (Å²) in [5, 5.41) is 18.1. The highest BCUT2D eigenvalue weighted by Crippen LogP contribution is 2.08. The average molecular weight is 197 g/mol. The van der Waals surface area contributed by atoms with Crippen LogP contribution in [0, 0.1) is 13.8 Å². The highest BCUT2D eigenvalue weighted by atomic mass is 16.3. The molecule has 1 rings (SSSR count). The van der Waals surface area contributed by atoms with E-state index in [1.54, 1.807) is 20.8 Å². The molecule has 0 aliphatic rings. The third kappa shape index (κ3) is 2.11. The molecule has 1 amide bonds. The van der Waals surface area contributed by atoms with Gasteiger partial charge in [-0.2, -0.15) is 5.10 Å². The molecule has 0 fully saturated rings. The number of amides is 1. The number of hydrogen-bond donors (Lipinski definition) is 3. The van der Waals surface area contributed by atoms with Gasteiger partial charge in [-0.05, 0) is 20.8 Å². The van der Waals surface area contributed by atoms with Crippen LogP contribution in [0.5, 0.6) is 0 Å². The van der Waals surface area contributed by atoms with Crippen LogP contribution in [0.25, 0.3) is 0 Å². The van der Waals surface area contributed by atoms with Crippen molar-refractivity contribution in [1.82, 2.24) is 15.5 Å². The molecule has 0 spiro atoms. The van der Waals surface area contributed by atoms with Crippen molar-refractivity contribution in [3.05, 3.63) is 17.0 Å². The third-order valence-corrected chi connectivity index (χ3v) is 2.01. The van der Waals surface area contributed by atoms with E-state index in [-0.39, 0.29) is 18.6 Å². The summed E-state index contributed by atoms with van der Waals surface area (Å²) in [5.41, 5.74) is 1.97. The molecule has 0 unspecified atom stereocenters. The predicted molar refractivity (Wildman–Crippen MR) is 52.1 cm³/mol. The van der Waals surface area contributed by atoms with Gasteiger partial charge in [-0.3, -0.25) is 9.89 Å². The van der Waals surface area contributed by atoms with Crippen molar-refractivity contribution in [2.45, 2.75) is 26.8 Å². The molecule has 78 valence electrons. The van der Waals surface area contributed by atoms with E-state index < -0.39 is 0 Å². The maximum absolute atomic E-state index is 11.6. The van der Waals surface area contributed by atoms with E-state index in [2.05, 4.69) is 15.5 Å². The first kappa shape index (κ1) is 10.7. The molecule has 1 atom stereocenters. The second kappa shape index (κ2) is 4.23. The van der Waals surface area contributed by atoms with Gasteiger partial charge in [0.05, 0.1) is 17.9 Å². The summed E-state index contributed by atoms with van der Waals surface area (Å²) in [6, 6.07) is -0.240. The summed E-state index contributed by atoms with van der Waals surface area (Å²) >= 11 is 0. The predicted octanol–water partition coefficient (Wildman–Crippen LogP) is 0.137. The number of carbonyl (C=O) groups excluding carboxylic acids is 1. The van der Waals surface area contributed by atoms with Crippen LogP contribution in [0.3, 0.4) is 0 Å². The van der Waals surface area contributed by atoms with E-state index in [4.69, 9.17) is 5.11 Å². The number of nitrogens with zero attached hydrogens (tertiary/aromatic N) is 1. The zero-order valence-electron chi connectivity index (χ0n) is 8.59. The van der Waals surface area contributed by atoms with Gasteiger partial charge in [0.25, 0.3) is 5.91 Å². The van der Waals surface area contributed by atoms with E-state index in [0.717, 1.165) is 5.69 Å². The standard InChI is InChI=1S/C9H15N3O2/c1-5(4-13)10-9(14)8-6(2)11-12-7(8)3/h5,13H,4H2,1-3H3,(H,10,14)(H,11,12)/t5-/m0/s1. The Labute approximate surface area is 82.5 Å². The van der Waals surface area contributed by atoms with Crippen molar-refractivity contribution in [2.24, 2.45) is 0 Å². The Kier molecular flexibility index (Phi) is 3.24. The van der Waals surface area contributed by atoms with E-state index in [1.807, 2.05) is 0 Å². The van der Waals surface area contributed by atoms with Crippen LogP contribution in [0.2, 0.25) is 0 Å². The summed E-state index contributed by atoms with van der Waals surface area (Å²) in [7, 11) is 0. The maximum Gasteiger partial charge on any atom is 0.255 e. The van der Waals surface area contributed by atoms with Gasteiger partial charge in [-0.25, -0.2) is 0 Å². The first-order chi connectivity index (χ1) is 6.56. The van der Waals surface area contributed by atoms with Gasteiger partial charge in [0.15, 0.2) is 0 Å². The van der Waals surface area contributed by atoms with Gasteiger partial charge in [-0.15, -0.1) is 0 Å². The summed E-state index contributed by atoms with van der Waals surface area (Å²) in [6.07, 6.45) is 0. The minimum absolute atomic E-state index is 0.0678. The Morgan fingerprint density at radius 2 is 2.29 bits per heavy atom. The van der Waals surface area contributed by atoms with E-state index in [0.29, 0.717) is 11.3 Å². The highest BCUT2D eigenvalue weighted by Gasteiger charge is 2.16. The maximum atomic E-state index is 11.6. The lowest BCUT2D eigenvalue weighted by molar-refractivity contribution is 0.0921. The van der Waals surface area contributed by atoms with E-state index >= 15 is 0 Å². The largest absolute Gasteiger partial charge is 0.394 e. The first-order valence-corrected chi connectivity index (χ1v) is 4.49. The zero-order valence-corrected chi connectivity index (χ0v) is 8.59. The van der Waals surface area contributed by atoms with Crippen molar-refractivity contribution in [1.29, 1.82) is 0 Å². The van der Waals surface area contributed by atoms with Gasteiger partial charge in [0.1, 0.15) is 0 Å². The third-order valence-electron chi connectivity index (χ3n) is 2.01. The molecule has 1 heterocycles. The number of rotatable bonds is 3. The fraction of sp³-hybridized carbons (Fsp3) is 0.556. The molecule has 1 aromatic rings. The summed E-state index contributed by atoms with van der Waals surface area (Å²) in [4.78, 5) is 11.6. The minimum atomic E-state index is -0.240. The lowest BCUT2D eigenvalue weighted by Crippen LogP contribution is -2.35. The smallest absolute Gasteiger partial charge is 0.255 e. The van der Waals surface area contributed by atoms with Gasteiger partial charge in [-0.1, -0.05) is 0 Å². The summed E-state index contributed by atoms with van der Waals surface area (Å²) in [5.74, 6) is -0.199. The molecule has 3 N–H and O–H groups in total. The molecule has 0 radical (unpaired) electrons. The number of hydrogen-bond acceptors (Lipinski definition) is 3. The zero-order chi connectivity index (χ0) is 10.7. The molecule has 14 heavy (non-hydrogen) atoms. The molecule has 0 bridgehead atoms. The highest BCUT2D eigenvalue weighted by molar-refractivity contribution is 5.96. The van der Waals surface area contributed by atoms with Crippen LogP contribution < -0.4 is 5.32 Å². The Hall–Kier alpha value is -1.36. The molecular formula is C9H15N3O2. The van der Waals surface area contributed by atoms with Crippen LogP contribution in [-0.4, -0.2) is 33.9 Å². The molecule has 1 aromatic heterocycles. The lowest BCUT2D eigenvalue weighted by Gasteiger charge is -2.10. The quantitative estimate of drug-likeness (QED) is 0.644. The second-order valence-corrected chi connectivity index (χ2v) is 3.37. The van der Waals surface area contributed by atoms with Gasteiger partial charge in [0, 0.05) is 11.7 Å². The van der Waals surface area contributed by atoms with Crippen LogP contribution in [0.15, 0.2) is 0 Å². The molecule has 5 nitrogen and oxygen atoms in total. The minimum Gasteiger partial charge on any atom is -0.394 e. The van der Waals surface area contributed by atoms with Gasteiger partial charge < -0.3 is 10.4 Å². The summed E-state index contributed by atoms with van der Waals surface area (Å²) in [6.45, 7) is 5.23. The second-order valence-electron chi connectivity index (χ2n) is 3.37. The van der Waals surface area contributed by atoms with E-state index in [1.165, 1.54) is 0 Å². The van der Waals surface area contributed by atoms with Crippen LogP contribution >= 0.6 is 0 Å². The Morgan fingerprint density at radius 1 is 1.64 bits per heavy atom. The van der Waals surface area contributed by atoms with Crippen LogP contribution in [0.4, 0.5) is 0 Å². The van der Waals surface area contributed by atoms with Gasteiger partial charge in [0.2, 0.25) is 0 Å². The molecule has 0 saturated heterocycles. The molecule has 5 heteroatoms. The number of aromatic amines is 1. The molecule has 0 aliphatic carbocycles.